The van der Waals surface area contributed by atoms with Crippen LogP contribution in [0.15, 0.2) is 207 Å². The van der Waals surface area contributed by atoms with E-state index in [4.69, 9.17) is 4.98 Å². The summed E-state index contributed by atoms with van der Waals surface area (Å²) in [5.74, 6) is 1.27. The molecule has 11 aromatic rings. The molecule has 9 aromatic carbocycles. The molecule has 270 valence electrons. The normalized spacial score (nSPS) is 11.4. The second-order valence-corrected chi connectivity index (χ2v) is 14.7. The zero-order chi connectivity index (χ0) is 38.4. The van der Waals surface area contributed by atoms with Crippen molar-refractivity contribution in [1.29, 1.82) is 0 Å². The van der Waals surface area contributed by atoms with Crippen LogP contribution in [0.3, 0.4) is 0 Å². The van der Waals surface area contributed by atoms with Gasteiger partial charge in [0.2, 0.25) is 0 Å². The van der Waals surface area contributed by atoms with E-state index in [9.17, 15) is 0 Å². The maximum atomic E-state index is 4.88. The minimum absolute atomic E-state index is 0.636. The Balaban J connectivity index is 1.03. The lowest BCUT2D eigenvalue weighted by Gasteiger charge is -2.19. The van der Waals surface area contributed by atoms with Gasteiger partial charge in [-0.25, -0.2) is 15.0 Å². The molecule has 0 bridgehead atoms. The summed E-state index contributed by atoms with van der Waals surface area (Å²) in [7, 11) is 0. The quantitative estimate of drug-likeness (QED) is 0.159. The van der Waals surface area contributed by atoms with Crippen molar-refractivity contribution in [2.75, 3.05) is 0 Å². The van der Waals surface area contributed by atoms with E-state index in [0.29, 0.717) is 11.6 Å². The molecule has 0 spiro atoms. The molecule has 0 amide bonds. The highest BCUT2D eigenvalue weighted by Gasteiger charge is 2.18. The molecule has 0 fully saturated rings. The summed E-state index contributed by atoms with van der Waals surface area (Å²) in [6.07, 6.45) is 5.24. The Morgan fingerprint density at radius 2 is 0.759 bits per heavy atom. The van der Waals surface area contributed by atoms with Crippen molar-refractivity contribution in [3.05, 3.63) is 207 Å². The van der Waals surface area contributed by atoms with Gasteiger partial charge in [0.15, 0.2) is 11.6 Å². The summed E-state index contributed by atoms with van der Waals surface area (Å²) in [6, 6.07) is 67.6. The molecule has 2 heterocycles. The number of fused-ring (bicyclic) bond motifs is 4. The van der Waals surface area contributed by atoms with E-state index < -0.39 is 0 Å². The topological polar surface area (TPSA) is 51.6 Å². The largest absolute Gasteiger partial charge is 0.264 e. The maximum absolute atomic E-state index is 4.88. The fourth-order valence-corrected chi connectivity index (χ4v) is 8.40. The molecule has 11 rings (SSSR count). The first kappa shape index (κ1) is 33.5. The molecule has 0 unspecified atom stereocenters. The van der Waals surface area contributed by atoms with Crippen molar-refractivity contribution in [2.24, 2.45) is 0 Å². The number of aromatic nitrogens is 4. The predicted molar refractivity (Wildman–Crippen MR) is 240 cm³/mol. The minimum Gasteiger partial charge on any atom is -0.264 e. The molecule has 4 heteroatoms. The van der Waals surface area contributed by atoms with E-state index in [2.05, 4.69) is 185 Å². The summed E-state index contributed by atoms with van der Waals surface area (Å²) in [5, 5.41) is 9.85. The Morgan fingerprint density at radius 1 is 0.293 bits per heavy atom. The van der Waals surface area contributed by atoms with Crippen LogP contribution in [0.4, 0.5) is 0 Å². The third-order valence-electron chi connectivity index (χ3n) is 11.3. The van der Waals surface area contributed by atoms with Gasteiger partial charge in [-0.05, 0) is 112 Å². The van der Waals surface area contributed by atoms with Crippen LogP contribution in [0.1, 0.15) is 0 Å². The van der Waals surface area contributed by atoms with Gasteiger partial charge in [0, 0.05) is 23.5 Å². The molecule has 0 aliphatic rings. The molecule has 0 saturated carbocycles. The number of rotatable bonds is 6. The smallest absolute Gasteiger partial charge is 0.163 e. The molecule has 4 nitrogen and oxygen atoms in total. The highest BCUT2D eigenvalue weighted by molar-refractivity contribution is 6.22. The van der Waals surface area contributed by atoms with Gasteiger partial charge in [-0.15, -0.1) is 0 Å². The number of benzene rings is 9. The van der Waals surface area contributed by atoms with Crippen molar-refractivity contribution < 1.29 is 0 Å². The van der Waals surface area contributed by atoms with Crippen LogP contribution in [0, 0.1) is 0 Å². The fraction of sp³-hybridized carbons (Fsp3) is 0. The fourth-order valence-electron chi connectivity index (χ4n) is 8.40. The first-order valence-corrected chi connectivity index (χ1v) is 19.5. The number of pyridine rings is 1. The Morgan fingerprint density at radius 3 is 1.33 bits per heavy atom. The van der Waals surface area contributed by atoms with Gasteiger partial charge in [0.05, 0.1) is 0 Å². The van der Waals surface area contributed by atoms with Crippen LogP contribution in [-0.4, -0.2) is 19.9 Å². The second-order valence-electron chi connectivity index (χ2n) is 14.7. The highest BCUT2D eigenvalue weighted by atomic mass is 15.0. The van der Waals surface area contributed by atoms with E-state index in [-0.39, 0.29) is 0 Å². The lowest BCUT2D eigenvalue weighted by Crippen LogP contribution is -1.95. The number of nitrogens with zero attached hydrogens (tertiary/aromatic N) is 4. The zero-order valence-electron chi connectivity index (χ0n) is 31.4. The van der Waals surface area contributed by atoms with E-state index in [1.165, 1.54) is 65.3 Å². The Kier molecular flexibility index (Phi) is 8.11. The highest BCUT2D eigenvalue weighted by Crippen LogP contribution is 2.46. The van der Waals surface area contributed by atoms with E-state index in [0.717, 1.165) is 33.4 Å². The predicted octanol–water partition coefficient (Wildman–Crippen LogP) is 13.9. The molecule has 0 radical (unpaired) electrons. The molecule has 0 atom stereocenters. The molecule has 58 heavy (non-hydrogen) atoms. The van der Waals surface area contributed by atoms with Gasteiger partial charge in [-0.3, -0.25) is 4.98 Å². The van der Waals surface area contributed by atoms with Crippen molar-refractivity contribution in [3.63, 3.8) is 0 Å². The first-order chi connectivity index (χ1) is 28.7. The monoisotopic (exact) mass is 738 g/mol. The minimum atomic E-state index is 0.636. The summed E-state index contributed by atoms with van der Waals surface area (Å²) in [6.45, 7) is 0. The summed E-state index contributed by atoms with van der Waals surface area (Å²) < 4.78 is 0. The van der Waals surface area contributed by atoms with E-state index in [1.54, 1.807) is 12.5 Å². The number of hydrogen-bond acceptors (Lipinski definition) is 4. The van der Waals surface area contributed by atoms with Crippen LogP contribution in [0.5, 0.6) is 0 Å². The lowest BCUT2D eigenvalue weighted by atomic mass is 9.84. The zero-order valence-corrected chi connectivity index (χ0v) is 31.4. The Labute approximate surface area is 335 Å². The van der Waals surface area contributed by atoms with Gasteiger partial charge >= 0.3 is 0 Å². The van der Waals surface area contributed by atoms with E-state index in [1.807, 2.05) is 24.4 Å². The molecule has 2 aromatic heterocycles. The van der Waals surface area contributed by atoms with Gasteiger partial charge in [0.1, 0.15) is 6.33 Å². The summed E-state index contributed by atoms with van der Waals surface area (Å²) in [5.41, 5.74) is 11.2. The third-order valence-corrected chi connectivity index (χ3v) is 11.3. The summed E-state index contributed by atoms with van der Waals surface area (Å²) in [4.78, 5) is 18.2. The molecule has 0 saturated heterocycles. The van der Waals surface area contributed by atoms with Crippen LogP contribution in [0.2, 0.25) is 0 Å². The SMILES string of the molecule is c1cncc(-c2ccc(-c3ncnc(-c4ccc(-c5ccc6c(-c7ccc8ccccc8c7)c7ccccc7c(-c7ccc8ccccc8c7)c6c5)cc4)n3)cc2)c1. The molecule has 0 aliphatic carbocycles. The van der Waals surface area contributed by atoms with Gasteiger partial charge < -0.3 is 0 Å². The molecular weight excluding hydrogens is 705 g/mol. The average molecular weight is 739 g/mol. The van der Waals surface area contributed by atoms with E-state index >= 15 is 0 Å². The van der Waals surface area contributed by atoms with Crippen molar-refractivity contribution in [2.45, 2.75) is 0 Å². The molecule has 0 aliphatic heterocycles. The molecule has 0 N–H and O–H groups in total. The van der Waals surface area contributed by atoms with Crippen molar-refractivity contribution in [3.8, 4) is 67.3 Å². The van der Waals surface area contributed by atoms with Crippen molar-refractivity contribution in [1.82, 2.24) is 19.9 Å². The van der Waals surface area contributed by atoms with Crippen LogP contribution >= 0.6 is 0 Å². The first-order valence-electron chi connectivity index (χ1n) is 19.5. The second kappa shape index (κ2) is 14.0. The van der Waals surface area contributed by atoms with Gasteiger partial charge in [0.25, 0.3) is 0 Å². The van der Waals surface area contributed by atoms with Gasteiger partial charge in [-0.1, -0.05) is 164 Å². The van der Waals surface area contributed by atoms with Crippen molar-refractivity contribution >= 4 is 43.1 Å². The van der Waals surface area contributed by atoms with Gasteiger partial charge in [-0.2, -0.15) is 0 Å². The standard InChI is InChI=1S/C54H34N4/c1-3-10-41-30-44(25-19-35(41)8-1)51-47-13-5-6-14-48(47)52(45-26-20-36-9-2-4-11-42(36)31-45)50-32-43(27-28-49(50)51)37-15-21-39(22-16-37)53-56-34-57-54(58-53)40-23-17-38(18-24-40)46-12-7-29-55-33-46/h1-34H. The number of hydrogen-bond donors (Lipinski definition) is 0. The lowest BCUT2D eigenvalue weighted by molar-refractivity contribution is 1.07. The molecular formula is C54H34N4. The van der Waals surface area contributed by atoms with Crippen LogP contribution in [0.25, 0.3) is 110 Å². The average Bonchev–Trinajstić information content (AvgIpc) is 3.30. The van der Waals surface area contributed by atoms with Crippen LogP contribution < -0.4 is 0 Å². The summed E-state index contributed by atoms with van der Waals surface area (Å²) >= 11 is 0. The Hall–Kier alpha value is -7.82. The third kappa shape index (κ3) is 5.96. The van der Waals surface area contributed by atoms with Crippen LogP contribution in [-0.2, 0) is 0 Å². The maximum Gasteiger partial charge on any atom is 0.163 e. The Bertz CT molecular complexity index is 3320.